The number of benzene rings is 3. The average molecular weight is 514 g/mol. The molecule has 0 unspecified atom stereocenters. The normalized spacial score (nSPS) is 13.3. The van der Waals surface area contributed by atoms with Gasteiger partial charge >= 0.3 is 0 Å². The van der Waals surface area contributed by atoms with Crippen molar-refractivity contribution < 1.29 is 23.5 Å². The first-order chi connectivity index (χ1) is 16.8. The Labute approximate surface area is 210 Å². The highest BCUT2D eigenvalue weighted by Crippen LogP contribution is 2.31. The number of anilines is 3. The number of nitrogens with one attached hydrogen (secondary N) is 2. The highest BCUT2D eigenvalue weighted by Gasteiger charge is 2.39. The molecule has 0 fully saturated rings. The summed E-state index contributed by atoms with van der Waals surface area (Å²) in [5.74, 6) is -1.80. The molecule has 1 heterocycles. The molecule has 7 nitrogen and oxygen atoms in total. The molecule has 10 heteroatoms. The fourth-order valence-electron chi connectivity index (χ4n) is 3.36. The van der Waals surface area contributed by atoms with Gasteiger partial charge in [0, 0.05) is 16.9 Å². The molecule has 0 spiro atoms. The Morgan fingerprint density at radius 2 is 1.71 bits per heavy atom. The molecule has 0 aromatic heterocycles. The van der Waals surface area contributed by atoms with Crippen molar-refractivity contribution in [2.45, 2.75) is 6.92 Å². The van der Waals surface area contributed by atoms with Crippen molar-refractivity contribution in [3.63, 3.8) is 0 Å². The molecule has 0 atom stereocenters. The smallest absolute Gasteiger partial charge is 0.283 e. The van der Waals surface area contributed by atoms with E-state index in [-0.39, 0.29) is 21.3 Å². The lowest BCUT2D eigenvalue weighted by Gasteiger charge is -2.16. The zero-order valence-corrected chi connectivity index (χ0v) is 19.8. The second-order valence-electron chi connectivity index (χ2n) is 7.35. The highest BCUT2D eigenvalue weighted by atomic mass is 35.5. The van der Waals surface area contributed by atoms with E-state index in [0.29, 0.717) is 29.4 Å². The van der Waals surface area contributed by atoms with Crippen LogP contribution in [0.15, 0.2) is 77.5 Å². The van der Waals surface area contributed by atoms with Crippen LogP contribution in [0.2, 0.25) is 5.02 Å². The number of rotatable bonds is 7. The minimum atomic E-state index is -0.676. The molecule has 0 bridgehead atoms. The van der Waals surface area contributed by atoms with Crippen molar-refractivity contribution in [3.8, 4) is 5.75 Å². The van der Waals surface area contributed by atoms with Gasteiger partial charge in [0.1, 0.15) is 22.3 Å². The van der Waals surface area contributed by atoms with Crippen LogP contribution in [0.4, 0.5) is 21.5 Å². The summed E-state index contributed by atoms with van der Waals surface area (Å²) in [4.78, 5) is 39.3. The maximum Gasteiger partial charge on any atom is 0.283 e. The summed E-state index contributed by atoms with van der Waals surface area (Å²) in [6.07, 6.45) is 0. The minimum absolute atomic E-state index is 0.117. The average Bonchev–Trinajstić information content (AvgIpc) is 3.05. The molecule has 0 radical (unpaired) electrons. The minimum Gasteiger partial charge on any atom is -0.494 e. The number of hydrogen-bond donors (Lipinski definition) is 2. The topological polar surface area (TPSA) is 87.7 Å². The van der Waals surface area contributed by atoms with Gasteiger partial charge in [-0.15, -0.1) is 0 Å². The van der Waals surface area contributed by atoms with Gasteiger partial charge in [-0.1, -0.05) is 29.3 Å². The Hall–Kier alpha value is -3.88. The summed E-state index contributed by atoms with van der Waals surface area (Å²) in [6.45, 7) is 2.33. The molecule has 4 rings (SSSR count). The van der Waals surface area contributed by atoms with Crippen molar-refractivity contribution in [1.82, 2.24) is 0 Å². The van der Waals surface area contributed by atoms with Gasteiger partial charge in [-0.2, -0.15) is 0 Å². The molecular formula is C25H18Cl2FN3O4. The van der Waals surface area contributed by atoms with Crippen molar-refractivity contribution in [1.29, 1.82) is 0 Å². The van der Waals surface area contributed by atoms with Crippen LogP contribution >= 0.6 is 23.2 Å². The van der Waals surface area contributed by atoms with Gasteiger partial charge < -0.3 is 15.4 Å². The van der Waals surface area contributed by atoms with Gasteiger partial charge in [-0.25, -0.2) is 9.29 Å². The number of ether oxygens (including phenoxy) is 1. The maximum absolute atomic E-state index is 13.4. The lowest BCUT2D eigenvalue weighted by Crippen LogP contribution is -2.32. The van der Waals surface area contributed by atoms with Crippen LogP contribution in [0, 0.1) is 5.82 Å². The van der Waals surface area contributed by atoms with E-state index >= 15 is 0 Å². The number of imide groups is 1. The summed E-state index contributed by atoms with van der Waals surface area (Å²) >= 11 is 12.0. The maximum atomic E-state index is 13.4. The van der Waals surface area contributed by atoms with Crippen molar-refractivity contribution >= 4 is 58.0 Å². The van der Waals surface area contributed by atoms with E-state index in [2.05, 4.69) is 10.6 Å². The molecular weight excluding hydrogens is 496 g/mol. The Kier molecular flexibility index (Phi) is 7.04. The number of nitrogens with zero attached hydrogens (tertiary/aromatic N) is 1. The van der Waals surface area contributed by atoms with Gasteiger partial charge in [0.25, 0.3) is 17.7 Å². The first kappa shape index (κ1) is 24.3. The molecule has 0 aliphatic carbocycles. The van der Waals surface area contributed by atoms with Crippen LogP contribution in [0.5, 0.6) is 5.75 Å². The molecule has 3 amide bonds. The number of carbonyl (C=O) groups is 3. The molecule has 0 saturated heterocycles. The zero-order valence-electron chi connectivity index (χ0n) is 18.3. The van der Waals surface area contributed by atoms with Crippen LogP contribution in [0.25, 0.3) is 0 Å². The van der Waals surface area contributed by atoms with Crippen molar-refractivity contribution in [2.24, 2.45) is 0 Å². The monoisotopic (exact) mass is 513 g/mol. The van der Waals surface area contributed by atoms with Gasteiger partial charge in [0.15, 0.2) is 0 Å². The quantitative estimate of drug-likeness (QED) is 0.403. The Morgan fingerprint density at radius 1 is 0.971 bits per heavy atom. The van der Waals surface area contributed by atoms with E-state index in [9.17, 15) is 18.8 Å². The van der Waals surface area contributed by atoms with Gasteiger partial charge in [0.05, 0.1) is 17.3 Å². The standard InChI is InChI=1S/C25H18Cl2FN3O4/c1-2-35-18-9-7-17(8-10-18)31-24(33)21(27)22(25(31)34)29-15-5-3-4-14(12-15)23(32)30-16-6-11-20(28)19(26)13-16/h3-13,29H,2H2,1H3,(H,30,32). The summed E-state index contributed by atoms with van der Waals surface area (Å²) < 4.78 is 18.7. The molecule has 2 N–H and O–H groups in total. The molecule has 3 aromatic carbocycles. The molecule has 35 heavy (non-hydrogen) atoms. The predicted molar refractivity (Wildman–Crippen MR) is 132 cm³/mol. The predicted octanol–water partition coefficient (Wildman–Crippen LogP) is 5.57. The van der Waals surface area contributed by atoms with E-state index in [1.807, 2.05) is 6.92 Å². The largest absolute Gasteiger partial charge is 0.494 e. The summed E-state index contributed by atoms with van der Waals surface area (Å²) in [7, 11) is 0. The third kappa shape index (κ3) is 5.13. The fourth-order valence-corrected chi connectivity index (χ4v) is 3.76. The lowest BCUT2D eigenvalue weighted by molar-refractivity contribution is -0.120. The molecule has 0 saturated carbocycles. The summed E-state index contributed by atoms with van der Waals surface area (Å²) in [5.41, 5.74) is 1.14. The highest BCUT2D eigenvalue weighted by molar-refractivity contribution is 6.53. The van der Waals surface area contributed by atoms with E-state index in [1.54, 1.807) is 42.5 Å². The SMILES string of the molecule is CCOc1ccc(N2C(=O)C(Cl)=C(Nc3cccc(C(=O)Nc4ccc(F)c(Cl)c4)c3)C2=O)cc1. The third-order valence-corrected chi connectivity index (χ3v) is 5.65. The number of halogens is 3. The van der Waals surface area contributed by atoms with E-state index < -0.39 is 23.5 Å². The second kappa shape index (κ2) is 10.2. The van der Waals surface area contributed by atoms with Crippen LogP contribution in [-0.2, 0) is 9.59 Å². The zero-order chi connectivity index (χ0) is 25.1. The number of hydrogen-bond acceptors (Lipinski definition) is 5. The lowest BCUT2D eigenvalue weighted by atomic mass is 10.1. The number of amides is 3. The summed E-state index contributed by atoms with van der Waals surface area (Å²) in [5, 5.41) is 5.05. The van der Waals surface area contributed by atoms with Crippen LogP contribution in [-0.4, -0.2) is 24.3 Å². The van der Waals surface area contributed by atoms with Gasteiger partial charge in [-0.3, -0.25) is 14.4 Å². The van der Waals surface area contributed by atoms with Crippen molar-refractivity contribution in [3.05, 3.63) is 93.9 Å². The van der Waals surface area contributed by atoms with Gasteiger partial charge in [-0.05, 0) is 67.6 Å². The molecule has 1 aliphatic heterocycles. The van der Waals surface area contributed by atoms with E-state index in [4.69, 9.17) is 27.9 Å². The van der Waals surface area contributed by atoms with Crippen molar-refractivity contribution in [2.75, 3.05) is 22.1 Å². The number of carbonyl (C=O) groups excluding carboxylic acids is 3. The Bertz CT molecular complexity index is 1360. The van der Waals surface area contributed by atoms with Crippen LogP contribution in [0.1, 0.15) is 17.3 Å². The summed E-state index contributed by atoms with van der Waals surface area (Å²) in [6, 6.07) is 16.5. The first-order valence-electron chi connectivity index (χ1n) is 10.4. The second-order valence-corrected chi connectivity index (χ2v) is 8.14. The first-order valence-corrected chi connectivity index (χ1v) is 11.2. The Morgan fingerprint density at radius 3 is 2.40 bits per heavy atom. The van der Waals surface area contributed by atoms with E-state index in [0.717, 1.165) is 11.0 Å². The van der Waals surface area contributed by atoms with E-state index in [1.165, 1.54) is 18.2 Å². The van der Waals surface area contributed by atoms with Crippen LogP contribution in [0.3, 0.4) is 0 Å². The fraction of sp³-hybridized carbons (Fsp3) is 0.0800. The molecule has 1 aliphatic rings. The van der Waals surface area contributed by atoms with Gasteiger partial charge in [0.2, 0.25) is 0 Å². The molecule has 178 valence electrons. The molecule has 3 aromatic rings. The Balaban J connectivity index is 1.51. The van der Waals surface area contributed by atoms with Crippen LogP contribution < -0.4 is 20.3 Å². The third-order valence-electron chi connectivity index (χ3n) is 5.00.